The summed E-state index contributed by atoms with van der Waals surface area (Å²) in [5.74, 6) is -0.0397. The number of halogens is 1. The van der Waals surface area contributed by atoms with Gasteiger partial charge >= 0.3 is 0 Å². The van der Waals surface area contributed by atoms with Crippen LogP contribution in [0.25, 0.3) is 0 Å². The molecule has 1 atom stereocenters. The predicted molar refractivity (Wildman–Crippen MR) is 82.3 cm³/mol. The van der Waals surface area contributed by atoms with E-state index >= 15 is 0 Å². The second-order valence-electron chi connectivity index (χ2n) is 4.99. The predicted octanol–water partition coefficient (Wildman–Crippen LogP) is 2.52. The molecule has 3 rings (SSSR count). The fourth-order valence-corrected chi connectivity index (χ4v) is 2.79. The van der Waals surface area contributed by atoms with Gasteiger partial charge in [0.15, 0.2) is 0 Å². The summed E-state index contributed by atoms with van der Waals surface area (Å²) in [6.45, 7) is 2.17. The van der Waals surface area contributed by atoms with Crippen LogP contribution in [-0.2, 0) is 0 Å². The Bertz CT molecular complexity index is 632. The standard InChI is InChI=1S/C16H16ClN3O/c17-13-5-3-4-12(10-13)15-11-18-8-9-20(15)16(21)14-6-1-2-7-19-14/h1-7,10,15,18H,8-9,11H2. The summed E-state index contributed by atoms with van der Waals surface area (Å²) >= 11 is 6.07. The first-order valence-electron chi connectivity index (χ1n) is 6.94. The van der Waals surface area contributed by atoms with Gasteiger partial charge in [-0.2, -0.15) is 0 Å². The van der Waals surface area contributed by atoms with E-state index in [0.717, 1.165) is 18.7 Å². The number of amides is 1. The molecule has 21 heavy (non-hydrogen) atoms. The van der Waals surface area contributed by atoms with Crippen molar-refractivity contribution in [2.75, 3.05) is 19.6 Å². The molecule has 1 saturated heterocycles. The Hall–Kier alpha value is -1.91. The minimum absolute atomic E-state index is 0.0213. The molecule has 0 aliphatic carbocycles. The highest BCUT2D eigenvalue weighted by Crippen LogP contribution is 2.25. The molecular formula is C16H16ClN3O. The molecule has 2 aromatic rings. The van der Waals surface area contributed by atoms with Gasteiger partial charge in [-0.1, -0.05) is 29.8 Å². The van der Waals surface area contributed by atoms with Crippen LogP contribution in [0.2, 0.25) is 5.02 Å². The smallest absolute Gasteiger partial charge is 0.273 e. The fraction of sp³-hybridized carbons (Fsp3) is 0.250. The van der Waals surface area contributed by atoms with Crippen molar-refractivity contribution >= 4 is 17.5 Å². The van der Waals surface area contributed by atoms with Crippen LogP contribution in [0.4, 0.5) is 0 Å². The number of aromatic nitrogens is 1. The number of piperazine rings is 1. The summed E-state index contributed by atoms with van der Waals surface area (Å²) < 4.78 is 0. The monoisotopic (exact) mass is 301 g/mol. The van der Waals surface area contributed by atoms with Crippen LogP contribution in [0.5, 0.6) is 0 Å². The van der Waals surface area contributed by atoms with Gasteiger partial charge < -0.3 is 10.2 Å². The number of nitrogens with one attached hydrogen (secondary N) is 1. The van der Waals surface area contributed by atoms with Gasteiger partial charge in [-0.05, 0) is 29.8 Å². The molecule has 0 spiro atoms. The van der Waals surface area contributed by atoms with Gasteiger partial charge in [-0.15, -0.1) is 0 Å². The van der Waals surface area contributed by atoms with E-state index in [4.69, 9.17) is 11.6 Å². The first-order valence-corrected chi connectivity index (χ1v) is 7.31. The quantitative estimate of drug-likeness (QED) is 0.927. The molecule has 1 fully saturated rings. The summed E-state index contributed by atoms with van der Waals surface area (Å²) in [5.41, 5.74) is 1.52. The molecule has 0 saturated carbocycles. The van der Waals surface area contributed by atoms with Crippen LogP contribution in [0, 0.1) is 0 Å². The number of rotatable bonds is 2. The molecule has 4 nitrogen and oxygen atoms in total. The van der Waals surface area contributed by atoms with Gasteiger partial charge in [-0.3, -0.25) is 9.78 Å². The molecule has 5 heteroatoms. The van der Waals surface area contributed by atoms with Crippen molar-refractivity contribution < 1.29 is 4.79 Å². The SMILES string of the molecule is O=C(c1ccccn1)N1CCNCC1c1cccc(Cl)c1. The van der Waals surface area contributed by atoms with Gasteiger partial charge in [0, 0.05) is 30.9 Å². The van der Waals surface area contributed by atoms with Crippen molar-refractivity contribution in [3.05, 3.63) is 64.9 Å². The minimum Gasteiger partial charge on any atom is -0.328 e. The molecule has 0 radical (unpaired) electrons. The first-order chi connectivity index (χ1) is 10.3. The van der Waals surface area contributed by atoms with E-state index in [0.29, 0.717) is 17.3 Å². The first kappa shape index (κ1) is 14.0. The minimum atomic E-state index is -0.0397. The third-order valence-electron chi connectivity index (χ3n) is 3.62. The van der Waals surface area contributed by atoms with E-state index < -0.39 is 0 Å². The Balaban J connectivity index is 1.90. The van der Waals surface area contributed by atoms with E-state index in [-0.39, 0.29) is 11.9 Å². The molecule has 0 bridgehead atoms. The number of nitrogens with zero attached hydrogens (tertiary/aromatic N) is 2. The Morgan fingerprint density at radius 2 is 2.19 bits per heavy atom. The molecule has 1 aliphatic rings. The Labute approximate surface area is 128 Å². The second kappa shape index (κ2) is 6.24. The summed E-state index contributed by atoms with van der Waals surface area (Å²) in [6.07, 6.45) is 1.64. The zero-order valence-corrected chi connectivity index (χ0v) is 12.3. The third kappa shape index (κ3) is 3.06. The van der Waals surface area contributed by atoms with Crippen LogP contribution in [0.3, 0.4) is 0 Å². The van der Waals surface area contributed by atoms with Gasteiger partial charge in [0.2, 0.25) is 0 Å². The van der Waals surface area contributed by atoms with Gasteiger partial charge in [0.1, 0.15) is 5.69 Å². The van der Waals surface area contributed by atoms with Crippen LogP contribution in [-0.4, -0.2) is 35.4 Å². The summed E-state index contributed by atoms with van der Waals surface area (Å²) in [7, 11) is 0. The van der Waals surface area contributed by atoms with Gasteiger partial charge in [0.25, 0.3) is 5.91 Å². The third-order valence-corrected chi connectivity index (χ3v) is 3.86. The van der Waals surface area contributed by atoms with Crippen molar-refractivity contribution in [2.45, 2.75) is 6.04 Å². The van der Waals surface area contributed by atoms with E-state index in [2.05, 4.69) is 10.3 Å². The van der Waals surface area contributed by atoms with E-state index in [9.17, 15) is 4.79 Å². The Kier molecular flexibility index (Phi) is 4.18. The molecule has 2 heterocycles. The zero-order chi connectivity index (χ0) is 14.7. The highest BCUT2D eigenvalue weighted by Gasteiger charge is 2.29. The van der Waals surface area contributed by atoms with Crippen molar-refractivity contribution in [1.82, 2.24) is 15.2 Å². The number of carbonyl (C=O) groups excluding carboxylic acids is 1. The van der Waals surface area contributed by atoms with E-state index in [1.165, 1.54) is 0 Å². The van der Waals surface area contributed by atoms with Crippen LogP contribution < -0.4 is 5.32 Å². The lowest BCUT2D eigenvalue weighted by molar-refractivity contribution is 0.0628. The Morgan fingerprint density at radius 3 is 2.95 bits per heavy atom. The van der Waals surface area contributed by atoms with Crippen LogP contribution >= 0.6 is 11.6 Å². The number of pyridine rings is 1. The van der Waals surface area contributed by atoms with Crippen molar-refractivity contribution in [3.63, 3.8) is 0 Å². The van der Waals surface area contributed by atoms with Crippen LogP contribution in [0.15, 0.2) is 48.7 Å². The number of carbonyl (C=O) groups is 1. The second-order valence-corrected chi connectivity index (χ2v) is 5.42. The number of hydrogen-bond acceptors (Lipinski definition) is 3. The van der Waals surface area contributed by atoms with E-state index in [1.54, 1.807) is 12.3 Å². The fourth-order valence-electron chi connectivity index (χ4n) is 2.60. The van der Waals surface area contributed by atoms with Gasteiger partial charge in [-0.25, -0.2) is 0 Å². The lowest BCUT2D eigenvalue weighted by Crippen LogP contribution is -2.48. The maximum atomic E-state index is 12.7. The summed E-state index contributed by atoms with van der Waals surface area (Å²) in [6, 6.07) is 13.0. The highest BCUT2D eigenvalue weighted by molar-refractivity contribution is 6.30. The Morgan fingerprint density at radius 1 is 1.29 bits per heavy atom. The average Bonchev–Trinajstić information content (AvgIpc) is 2.55. The summed E-state index contributed by atoms with van der Waals surface area (Å²) in [5, 5.41) is 4.02. The molecule has 1 N–H and O–H groups in total. The highest BCUT2D eigenvalue weighted by atomic mass is 35.5. The van der Waals surface area contributed by atoms with Crippen molar-refractivity contribution in [1.29, 1.82) is 0 Å². The maximum Gasteiger partial charge on any atom is 0.273 e. The molecular weight excluding hydrogens is 286 g/mol. The van der Waals surface area contributed by atoms with Crippen molar-refractivity contribution in [3.8, 4) is 0 Å². The largest absolute Gasteiger partial charge is 0.328 e. The molecule has 1 unspecified atom stereocenters. The number of benzene rings is 1. The molecule has 108 valence electrons. The maximum absolute atomic E-state index is 12.7. The lowest BCUT2D eigenvalue weighted by atomic mass is 10.0. The zero-order valence-electron chi connectivity index (χ0n) is 11.5. The summed E-state index contributed by atoms with van der Waals surface area (Å²) in [4.78, 5) is 18.7. The molecule has 1 aromatic carbocycles. The lowest BCUT2D eigenvalue weighted by Gasteiger charge is -2.36. The molecule has 1 amide bonds. The number of hydrogen-bond donors (Lipinski definition) is 1. The molecule has 1 aromatic heterocycles. The van der Waals surface area contributed by atoms with Gasteiger partial charge in [0.05, 0.1) is 6.04 Å². The molecule has 1 aliphatic heterocycles. The normalized spacial score (nSPS) is 18.5. The van der Waals surface area contributed by atoms with Crippen molar-refractivity contribution in [2.24, 2.45) is 0 Å². The van der Waals surface area contributed by atoms with E-state index in [1.807, 2.05) is 41.3 Å². The topological polar surface area (TPSA) is 45.2 Å². The van der Waals surface area contributed by atoms with Crippen LogP contribution in [0.1, 0.15) is 22.1 Å². The average molecular weight is 302 g/mol.